The first-order chi connectivity index (χ1) is 13.1. The number of rotatable bonds is 7. The van der Waals surface area contributed by atoms with Gasteiger partial charge in [-0.1, -0.05) is 42.5 Å². The zero-order valence-corrected chi connectivity index (χ0v) is 16.0. The maximum atomic E-state index is 12.7. The molecule has 1 heterocycles. The zero-order valence-electron chi connectivity index (χ0n) is 15.2. The molecular formula is C21H23NO4S. The topological polar surface area (TPSA) is 75.6 Å². The number of nitrogens with one attached hydrogen (secondary N) is 1. The number of aryl methyl sites for hydroxylation is 1. The van der Waals surface area contributed by atoms with Crippen molar-refractivity contribution < 1.29 is 19.4 Å². The van der Waals surface area contributed by atoms with Crippen molar-refractivity contribution in [1.29, 1.82) is 0 Å². The molecule has 2 N–H and O–H groups in total. The molecule has 5 nitrogen and oxygen atoms in total. The molecule has 0 aliphatic carbocycles. The fraction of sp³-hybridized carbons (Fsp3) is 0.333. The highest BCUT2D eigenvalue weighted by Crippen LogP contribution is 2.36. The molecule has 1 aliphatic heterocycles. The highest BCUT2D eigenvalue weighted by Gasteiger charge is 2.28. The molecule has 2 atom stereocenters. The molecule has 142 valence electrons. The van der Waals surface area contributed by atoms with Gasteiger partial charge >= 0.3 is 5.97 Å². The molecule has 0 saturated heterocycles. The maximum absolute atomic E-state index is 12.7. The molecule has 0 bridgehead atoms. The minimum atomic E-state index is -0.932. The Bertz CT molecular complexity index is 823. The summed E-state index contributed by atoms with van der Waals surface area (Å²) in [4.78, 5) is 24.4. The van der Waals surface area contributed by atoms with E-state index in [0.717, 1.165) is 23.3 Å². The van der Waals surface area contributed by atoms with Gasteiger partial charge in [-0.2, -0.15) is 0 Å². The van der Waals surface area contributed by atoms with Gasteiger partial charge in [-0.05, 0) is 41.4 Å². The van der Waals surface area contributed by atoms with Gasteiger partial charge in [0.1, 0.15) is 11.0 Å². The number of aliphatic carboxylic acids is 1. The molecule has 0 radical (unpaired) electrons. The van der Waals surface area contributed by atoms with Gasteiger partial charge in [0.2, 0.25) is 5.91 Å². The lowest BCUT2D eigenvalue weighted by Crippen LogP contribution is -2.37. The maximum Gasteiger partial charge on any atom is 0.308 e. The standard InChI is InChI=1S/C21H23NO4S/c1-26-18-9-5-3-7-15(18)12-16(21(24)25)13-22-20(23)19-17-8-4-2-6-14(17)10-11-27-19/h2-9,16,19H,10-13H2,1H3,(H,22,23)(H,24,25). The first kappa shape index (κ1) is 19.3. The minimum Gasteiger partial charge on any atom is -0.496 e. The summed E-state index contributed by atoms with van der Waals surface area (Å²) < 4.78 is 5.30. The van der Waals surface area contributed by atoms with Crippen LogP contribution in [0, 0.1) is 5.92 Å². The van der Waals surface area contributed by atoms with E-state index in [1.807, 2.05) is 42.5 Å². The van der Waals surface area contributed by atoms with Crippen molar-refractivity contribution in [2.45, 2.75) is 18.1 Å². The summed E-state index contributed by atoms with van der Waals surface area (Å²) in [6.07, 6.45) is 1.25. The predicted octanol–water partition coefficient (Wildman–Crippen LogP) is 3.09. The number of carboxylic acids is 1. The average molecular weight is 385 g/mol. The summed E-state index contributed by atoms with van der Waals surface area (Å²) in [5.41, 5.74) is 3.04. The van der Waals surface area contributed by atoms with Gasteiger partial charge in [-0.3, -0.25) is 9.59 Å². The summed E-state index contributed by atoms with van der Waals surface area (Å²) in [5, 5.41) is 12.2. The first-order valence-corrected chi connectivity index (χ1v) is 9.97. The van der Waals surface area contributed by atoms with Crippen LogP contribution in [-0.2, 0) is 22.4 Å². The highest BCUT2D eigenvalue weighted by molar-refractivity contribution is 8.00. The predicted molar refractivity (Wildman–Crippen MR) is 106 cm³/mol. The van der Waals surface area contributed by atoms with Gasteiger partial charge < -0.3 is 15.2 Å². The average Bonchev–Trinajstić information content (AvgIpc) is 2.70. The number of para-hydroxylation sites is 1. The molecule has 1 amide bonds. The van der Waals surface area contributed by atoms with Crippen molar-refractivity contribution >= 4 is 23.6 Å². The van der Waals surface area contributed by atoms with Gasteiger partial charge in [-0.25, -0.2) is 0 Å². The number of fused-ring (bicyclic) bond motifs is 1. The summed E-state index contributed by atoms with van der Waals surface area (Å²) in [5.74, 6) is -0.226. The molecule has 0 aromatic heterocycles. The lowest BCUT2D eigenvalue weighted by Gasteiger charge is -2.25. The summed E-state index contributed by atoms with van der Waals surface area (Å²) in [6.45, 7) is 0.0887. The van der Waals surface area contributed by atoms with Crippen LogP contribution >= 0.6 is 11.8 Å². The molecule has 0 fully saturated rings. The molecule has 2 unspecified atom stereocenters. The Hall–Kier alpha value is -2.47. The number of ether oxygens (including phenoxy) is 1. The monoisotopic (exact) mass is 385 g/mol. The normalized spacial score (nSPS) is 16.9. The van der Waals surface area contributed by atoms with E-state index < -0.39 is 11.9 Å². The van der Waals surface area contributed by atoms with Crippen LogP contribution in [-0.4, -0.2) is 36.4 Å². The van der Waals surface area contributed by atoms with E-state index in [-0.39, 0.29) is 17.7 Å². The van der Waals surface area contributed by atoms with E-state index in [0.29, 0.717) is 12.2 Å². The van der Waals surface area contributed by atoms with Crippen molar-refractivity contribution in [1.82, 2.24) is 5.32 Å². The number of carbonyl (C=O) groups excluding carboxylic acids is 1. The zero-order chi connectivity index (χ0) is 19.2. The molecule has 2 aromatic rings. The number of hydrogen-bond acceptors (Lipinski definition) is 4. The Kier molecular flexibility index (Phi) is 6.40. The summed E-state index contributed by atoms with van der Waals surface area (Å²) >= 11 is 1.60. The van der Waals surface area contributed by atoms with Crippen LogP contribution in [0.2, 0.25) is 0 Å². The molecule has 27 heavy (non-hydrogen) atoms. The lowest BCUT2D eigenvalue weighted by atomic mass is 9.98. The second kappa shape index (κ2) is 8.95. The van der Waals surface area contributed by atoms with Gasteiger partial charge in [0.15, 0.2) is 0 Å². The molecule has 6 heteroatoms. The van der Waals surface area contributed by atoms with Gasteiger partial charge in [-0.15, -0.1) is 11.8 Å². The number of hydrogen-bond donors (Lipinski definition) is 2. The number of amides is 1. The molecule has 2 aromatic carbocycles. The number of benzene rings is 2. The lowest BCUT2D eigenvalue weighted by molar-refractivity contribution is -0.141. The van der Waals surface area contributed by atoms with Gasteiger partial charge in [0, 0.05) is 6.54 Å². The fourth-order valence-corrected chi connectivity index (χ4v) is 4.53. The molecule has 1 aliphatic rings. The van der Waals surface area contributed by atoms with Crippen LogP contribution in [0.5, 0.6) is 5.75 Å². The molecule has 0 saturated carbocycles. The first-order valence-electron chi connectivity index (χ1n) is 8.92. The smallest absolute Gasteiger partial charge is 0.308 e. The van der Waals surface area contributed by atoms with Gasteiger partial charge in [0.25, 0.3) is 0 Å². The third-order valence-corrected chi connectivity index (χ3v) is 6.00. The Balaban J connectivity index is 1.66. The summed E-state index contributed by atoms with van der Waals surface area (Å²) in [6, 6.07) is 15.3. The van der Waals surface area contributed by atoms with Gasteiger partial charge in [0.05, 0.1) is 13.0 Å². The third-order valence-electron chi connectivity index (χ3n) is 4.76. The second-order valence-electron chi connectivity index (χ2n) is 6.50. The van der Waals surface area contributed by atoms with E-state index in [2.05, 4.69) is 11.4 Å². The van der Waals surface area contributed by atoms with E-state index in [1.165, 1.54) is 5.56 Å². The van der Waals surface area contributed by atoms with E-state index in [9.17, 15) is 14.7 Å². The summed E-state index contributed by atoms with van der Waals surface area (Å²) in [7, 11) is 1.56. The van der Waals surface area contributed by atoms with Crippen molar-refractivity contribution in [2.24, 2.45) is 5.92 Å². The number of thioether (sulfide) groups is 1. The fourth-order valence-electron chi connectivity index (χ4n) is 3.31. The molecule has 0 spiro atoms. The SMILES string of the molecule is COc1ccccc1CC(CNC(=O)C1SCCc2ccccc21)C(=O)O. The van der Waals surface area contributed by atoms with Crippen molar-refractivity contribution in [3.8, 4) is 5.75 Å². The van der Waals surface area contributed by atoms with Crippen LogP contribution < -0.4 is 10.1 Å². The Morgan fingerprint density at radius 3 is 2.74 bits per heavy atom. The van der Waals surface area contributed by atoms with Crippen LogP contribution in [0.1, 0.15) is 21.9 Å². The Labute approximate surface area is 163 Å². The second-order valence-corrected chi connectivity index (χ2v) is 7.71. The van der Waals surface area contributed by atoms with Crippen LogP contribution in [0.25, 0.3) is 0 Å². The van der Waals surface area contributed by atoms with Crippen molar-refractivity contribution in [2.75, 3.05) is 19.4 Å². The largest absolute Gasteiger partial charge is 0.496 e. The highest BCUT2D eigenvalue weighted by atomic mass is 32.2. The van der Waals surface area contributed by atoms with Crippen LogP contribution in [0.15, 0.2) is 48.5 Å². The molecular weight excluding hydrogens is 362 g/mol. The van der Waals surface area contributed by atoms with E-state index in [4.69, 9.17) is 4.74 Å². The van der Waals surface area contributed by atoms with Crippen molar-refractivity contribution in [3.05, 3.63) is 65.2 Å². The van der Waals surface area contributed by atoms with Crippen molar-refractivity contribution in [3.63, 3.8) is 0 Å². The number of methoxy groups -OCH3 is 1. The van der Waals surface area contributed by atoms with Crippen LogP contribution in [0.3, 0.4) is 0 Å². The third kappa shape index (κ3) is 4.63. The quantitative estimate of drug-likeness (QED) is 0.766. The Morgan fingerprint density at radius 2 is 1.96 bits per heavy atom. The van der Waals surface area contributed by atoms with E-state index >= 15 is 0 Å². The minimum absolute atomic E-state index is 0.0887. The number of carbonyl (C=O) groups is 2. The number of carboxylic acid groups (broad SMARTS) is 1. The van der Waals surface area contributed by atoms with Crippen LogP contribution in [0.4, 0.5) is 0 Å². The molecule has 3 rings (SSSR count). The van der Waals surface area contributed by atoms with E-state index in [1.54, 1.807) is 18.9 Å². The Morgan fingerprint density at radius 1 is 1.22 bits per heavy atom.